The number of para-hydroxylation sites is 1. The summed E-state index contributed by atoms with van der Waals surface area (Å²) in [6, 6.07) is 8.39. The molecule has 2 heterocycles. The molecule has 25 heavy (non-hydrogen) atoms. The lowest BCUT2D eigenvalue weighted by molar-refractivity contribution is 0.172. The Morgan fingerprint density at radius 1 is 1.12 bits per heavy atom. The molecule has 0 saturated carbocycles. The SMILES string of the molecule is CCc1ncc(CN2CCC(CCc3ccccc3OC)CC2)cn1. The summed E-state index contributed by atoms with van der Waals surface area (Å²) in [5.74, 6) is 2.77. The molecule has 0 aliphatic carbocycles. The molecule has 0 radical (unpaired) electrons. The lowest BCUT2D eigenvalue weighted by atomic mass is 9.90. The normalized spacial score (nSPS) is 16.1. The van der Waals surface area contributed by atoms with Crippen LogP contribution in [0.2, 0.25) is 0 Å². The van der Waals surface area contributed by atoms with Crippen molar-refractivity contribution in [1.29, 1.82) is 0 Å². The van der Waals surface area contributed by atoms with Gasteiger partial charge in [0.25, 0.3) is 0 Å². The molecular formula is C21H29N3O. The molecule has 4 nitrogen and oxygen atoms in total. The number of likely N-dealkylation sites (tertiary alicyclic amines) is 1. The summed E-state index contributed by atoms with van der Waals surface area (Å²) in [6.07, 6.45) is 9.80. The molecule has 0 spiro atoms. The summed E-state index contributed by atoms with van der Waals surface area (Å²) in [6.45, 7) is 5.41. The molecule has 1 aliphatic heterocycles. The number of benzene rings is 1. The van der Waals surface area contributed by atoms with Crippen LogP contribution in [0.3, 0.4) is 0 Å². The predicted molar refractivity (Wildman–Crippen MR) is 101 cm³/mol. The van der Waals surface area contributed by atoms with Crippen molar-refractivity contribution in [3.63, 3.8) is 0 Å². The van der Waals surface area contributed by atoms with E-state index in [0.29, 0.717) is 0 Å². The second-order valence-corrected chi connectivity index (χ2v) is 6.93. The minimum atomic E-state index is 0.819. The number of piperidine rings is 1. The molecule has 1 fully saturated rings. The van der Waals surface area contributed by atoms with Crippen LogP contribution in [0, 0.1) is 5.92 Å². The predicted octanol–water partition coefficient (Wildman–Crippen LogP) is 3.89. The zero-order valence-corrected chi connectivity index (χ0v) is 15.4. The van der Waals surface area contributed by atoms with Gasteiger partial charge in [0.1, 0.15) is 11.6 Å². The van der Waals surface area contributed by atoms with Gasteiger partial charge in [0, 0.05) is 30.9 Å². The van der Waals surface area contributed by atoms with E-state index in [9.17, 15) is 0 Å². The van der Waals surface area contributed by atoms with Crippen molar-refractivity contribution >= 4 is 0 Å². The second kappa shape index (κ2) is 8.95. The van der Waals surface area contributed by atoms with Crippen LogP contribution in [0.15, 0.2) is 36.7 Å². The van der Waals surface area contributed by atoms with Crippen LogP contribution in [0.4, 0.5) is 0 Å². The maximum absolute atomic E-state index is 5.47. The Morgan fingerprint density at radius 2 is 1.84 bits per heavy atom. The molecule has 1 aromatic heterocycles. The molecule has 134 valence electrons. The topological polar surface area (TPSA) is 38.2 Å². The van der Waals surface area contributed by atoms with Crippen molar-refractivity contribution in [2.75, 3.05) is 20.2 Å². The molecule has 0 bridgehead atoms. The number of ether oxygens (including phenoxy) is 1. The first-order valence-corrected chi connectivity index (χ1v) is 9.42. The van der Waals surface area contributed by atoms with E-state index in [-0.39, 0.29) is 0 Å². The molecule has 0 N–H and O–H groups in total. The molecule has 1 saturated heterocycles. The Morgan fingerprint density at radius 3 is 2.52 bits per heavy atom. The van der Waals surface area contributed by atoms with E-state index in [4.69, 9.17) is 4.74 Å². The molecule has 0 atom stereocenters. The number of aryl methyl sites for hydroxylation is 2. The van der Waals surface area contributed by atoms with Gasteiger partial charge in [-0.15, -0.1) is 0 Å². The molecule has 1 aromatic carbocycles. The van der Waals surface area contributed by atoms with Crippen molar-refractivity contribution in [2.24, 2.45) is 5.92 Å². The highest BCUT2D eigenvalue weighted by atomic mass is 16.5. The van der Waals surface area contributed by atoms with Gasteiger partial charge in [-0.25, -0.2) is 9.97 Å². The Bertz CT molecular complexity index is 648. The third kappa shape index (κ3) is 5.02. The van der Waals surface area contributed by atoms with Gasteiger partial charge in [-0.1, -0.05) is 25.1 Å². The van der Waals surface area contributed by atoms with Gasteiger partial charge < -0.3 is 4.74 Å². The first-order valence-electron chi connectivity index (χ1n) is 9.42. The zero-order valence-electron chi connectivity index (χ0n) is 15.4. The van der Waals surface area contributed by atoms with Crippen LogP contribution in [0.25, 0.3) is 0 Å². The van der Waals surface area contributed by atoms with Gasteiger partial charge in [0.15, 0.2) is 0 Å². The Balaban J connectivity index is 1.43. The first-order chi connectivity index (χ1) is 12.3. The van der Waals surface area contributed by atoms with Crippen molar-refractivity contribution in [1.82, 2.24) is 14.9 Å². The number of methoxy groups -OCH3 is 1. The summed E-state index contributed by atoms with van der Waals surface area (Å²) in [5.41, 5.74) is 2.56. The van der Waals surface area contributed by atoms with E-state index in [1.165, 1.54) is 43.5 Å². The van der Waals surface area contributed by atoms with E-state index in [1.54, 1.807) is 7.11 Å². The van der Waals surface area contributed by atoms with Crippen molar-refractivity contribution in [2.45, 2.75) is 45.6 Å². The fourth-order valence-electron chi connectivity index (χ4n) is 3.61. The fraction of sp³-hybridized carbons (Fsp3) is 0.524. The van der Waals surface area contributed by atoms with E-state index in [1.807, 2.05) is 18.5 Å². The average Bonchev–Trinajstić information content (AvgIpc) is 2.68. The van der Waals surface area contributed by atoms with Crippen LogP contribution in [-0.2, 0) is 19.4 Å². The highest BCUT2D eigenvalue weighted by Crippen LogP contribution is 2.26. The third-order valence-corrected chi connectivity index (χ3v) is 5.20. The number of hydrogen-bond donors (Lipinski definition) is 0. The molecule has 4 heteroatoms. The number of aromatic nitrogens is 2. The average molecular weight is 339 g/mol. The van der Waals surface area contributed by atoms with Crippen LogP contribution in [0.5, 0.6) is 5.75 Å². The molecule has 2 aromatic rings. The lowest BCUT2D eigenvalue weighted by Gasteiger charge is -2.32. The van der Waals surface area contributed by atoms with Crippen LogP contribution in [-0.4, -0.2) is 35.1 Å². The van der Waals surface area contributed by atoms with E-state index >= 15 is 0 Å². The minimum absolute atomic E-state index is 0.819. The quantitative estimate of drug-likeness (QED) is 0.767. The number of nitrogens with zero attached hydrogens (tertiary/aromatic N) is 3. The summed E-state index contributed by atoms with van der Waals surface area (Å²) >= 11 is 0. The maximum Gasteiger partial charge on any atom is 0.127 e. The monoisotopic (exact) mass is 339 g/mol. The summed E-state index contributed by atoms with van der Waals surface area (Å²) in [5, 5.41) is 0. The summed E-state index contributed by atoms with van der Waals surface area (Å²) < 4.78 is 5.47. The Kier molecular flexibility index (Phi) is 6.40. The highest BCUT2D eigenvalue weighted by molar-refractivity contribution is 5.33. The van der Waals surface area contributed by atoms with Gasteiger partial charge in [0.05, 0.1) is 7.11 Å². The smallest absolute Gasteiger partial charge is 0.127 e. The molecule has 0 unspecified atom stereocenters. The van der Waals surface area contributed by atoms with Gasteiger partial charge in [0.2, 0.25) is 0 Å². The van der Waals surface area contributed by atoms with Crippen LogP contribution < -0.4 is 4.74 Å². The molecule has 1 aliphatic rings. The second-order valence-electron chi connectivity index (χ2n) is 6.93. The fourth-order valence-corrected chi connectivity index (χ4v) is 3.61. The van der Waals surface area contributed by atoms with Crippen molar-refractivity contribution < 1.29 is 4.74 Å². The largest absolute Gasteiger partial charge is 0.496 e. The van der Waals surface area contributed by atoms with Crippen LogP contribution in [0.1, 0.15) is 43.1 Å². The zero-order chi connectivity index (χ0) is 17.5. The summed E-state index contributed by atoms with van der Waals surface area (Å²) in [7, 11) is 1.76. The van der Waals surface area contributed by atoms with Crippen molar-refractivity contribution in [3.05, 3.63) is 53.6 Å². The molecule has 3 rings (SSSR count). The standard InChI is InChI=1S/C21H29N3O/c1-3-21-22-14-18(15-23-21)16-24-12-10-17(11-13-24)8-9-19-6-4-5-7-20(19)25-2/h4-7,14-15,17H,3,8-13,16H2,1-2H3. The number of rotatable bonds is 7. The highest BCUT2D eigenvalue weighted by Gasteiger charge is 2.19. The minimum Gasteiger partial charge on any atom is -0.496 e. The maximum atomic E-state index is 5.47. The van der Waals surface area contributed by atoms with Crippen LogP contribution >= 0.6 is 0 Å². The Hall–Kier alpha value is -1.94. The van der Waals surface area contributed by atoms with Gasteiger partial charge in [-0.2, -0.15) is 0 Å². The first kappa shape index (κ1) is 17.9. The lowest BCUT2D eigenvalue weighted by Crippen LogP contribution is -2.33. The van der Waals surface area contributed by atoms with Crippen molar-refractivity contribution in [3.8, 4) is 5.75 Å². The van der Waals surface area contributed by atoms with Gasteiger partial charge in [-0.05, 0) is 56.3 Å². The van der Waals surface area contributed by atoms with Gasteiger partial charge >= 0.3 is 0 Å². The van der Waals surface area contributed by atoms with Gasteiger partial charge in [-0.3, -0.25) is 4.90 Å². The summed E-state index contributed by atoms with van der Waals surface area (Å²) in [4.78, 5) is 11.3. The van der Waals surface area contributed by atoms with E-state index in [2.05, 4.69) is 40.0 Å². The Labute approximate surface area is 151 Å². The number of hydrogen-bond acceptors (Lipinski definition) is 4. The third-order valence-electron chi connectivity index (χ3n) is 5.20. The molecular weight excluding hydrogens is 310 g/mol. The molecule has 0 amide bonds. The van der Waals surface area contributed by atoms with E-state index < -0.39 is 0 Å². The van der Waals surface area contributed by atoms with E-state index in [0.717, 1.165) is 36.9 Å².